The zero-order chi connectivity index (χ0) is 15.5. The number of fused-ring (bicyclic) bond motifs is 1. The van der Waals surface area contributed by atoms with E-state index in [-0.39, 0.29) is 17.4 Å². The van der Waals surface area contributed by atoms with E-state index in [1.807, 2.05) is 23.6 Å². The van der Waals surface area contributed by atoms with E-state index in [1.54, 1.807) is 4.57 Å². The van der Waals surface area contributed by atoms with Crippen molar-refractivity contribution in [3.63, 3.8) is 0 Å². The second-order valence-electron chi connectivity index (χ2n) is 5.08. The Morgan fingerprint density at radius 2 is 2.18 bits per heavy atom. The number of ether oxygens (including phenoxy) is 1. The maximum atomic E-state index is 12.0. The molecule has 3 N–H and O–H groups in total. The van der Waals surface area contributed by atoms with Gasteiger partial charge in [0.05, 0.1) is 11.4 Å². The number of benzene rings is 1. The standard InChI is InChI=1S/C15H17N3O3S/c16-5-1-2-6-18-12(9-22-15(18)20)10-3-4-13-11(7-10)17-14(19)8-21-13/h3-4,7,9H,1-2,5-6,8,16H2,(H,17,19). The Hall–Kier alpha value is -2.12. The molecule has 0 atom stereocenters. The fraction of sp³-hybridized carbons (Fsp3) is 0.333. The van der Waals surface area contributed by atoms with Gasteiger partial charge in [0, 0.05) is 17.5 Å². The lowest BCUT2D eigenvalue weighted by molar-refractivity contribution is -0.118. The van der Waals surface area contributed by atoms with Gasteiger partial charge in [0.2, 0.25) is 0 Å². The number of rotatable bonds is 5. The van der Waals surface area contributed by atoms with Crippen LogP contribution in [0.5, 0.6) is 5.75 Å². The summed E-state index contributed by atoms with van der Waals surface area (Å²) in [4.78, 5) is 23.4. The summed E-state index contributed by atoms with van der Waals surface area (Å²) in [6.07, 6.45) is 1.75. The highest BCUT2D eigenvalue weighted by Crippen LogP contribution is 2.32. The monoisotopic (exact) mass is 319 g/mol. The van der Waals surface area contributed by atoms with Gasteiger partial charge in [0.25, 0.3) is 5.91 Å². The Morgan fingerprint density at radius 3 is 3.00 bits per heavy atom. The quantitative estimate of drug-likeness (QED) is 0.820. The lowest BCUT2D eigenvalue weighted by Gasteiger charge is -2.18. The third-order valence-electron chi connectivity index (χ3n) is 3.53. The predicted octanol–water partition coefficient (Wildman–Crippen LogP) is 1.65. The molecule has 7 heteroatoms. The zero-order valence-electron chi connectivity index (χ0n) is 12.0. The van der Waals surface area contributed by atoms with Crippen LogP contribution in [0, 0.1) is 0 Å². The lowest BCUT2D eigenvalue weighted by atomic mass is 10.1. The SMILES string of the molecule is NCCCCn1c(-c2ccc3c(c2)NC(=O)CO3)csc1=O. The van der Waals surface area contributed by atoms with E-state index in [9.17, 15) is 9.59 Å². The summed E-state index contributed by atoms with van der Waals surface area (Å²) >= 11 is 1.18. The summed E-state index contributed by atoms with van der Waals surface area (Å²) in [5, 5.41) is 4.63. The van der Waals surface area contributed by atoms with Crippen LogP contribution in [0.2, 0.25) is 0 Å². The summed E-state index contributed by atoms with van der Waals surface area (Å²) in [6.45, 7) is 1.31. The molecular formula is C15H17N3O3S. The van der Waals surface area contributed by atoms with Crippen molar-refractivity contribution in [3.8, 4) is 17.0 Å². The largest absolute Gasteiger partial charge is 0.482 e. The first-order valence-electron chi connectivity index (χ1n) is 7.14. The highest BCUT2D eigenvalue weighted by atomic mass is 32.1. The van der Waals surface area contributed by atoms with E-state index in [1.165, 1.54) is 11.3 Å². The number of nitrogens with zero attached hydrogens (tertiary/aromatic N) is 1. The van der Waals surface area contributed by atoms with Crippen LogP contribution in [0.3, 0.4) is 0 Å². The molecule has 1 aromatic carbocycles. The highest BCUT2D eigenvalue weighted by Gasteiger charge is 2.17. The van der Waals surface area contributed by atoms with Crippen molar-refractivity contribution in [2.24, 2.45) is 5.73 Å². The molecule has 0 saturated carbocycles. The summed E-state index contributed by atoms with van der Waals surface area (Å²) in [5.41, 5.74) is 7.89. The second-order valence-corrected chi connectivity index (χ2v) is 5.90. The Morgan fingerprint density at radius 1 is 1.32 bits per heavy atom. The van der Waals surface area contributed by atoms with Gasteiger partial charge in [0.15, 0.2) is 6.61 Å². The maximum Gasteiger partial charge on any atom is 0.307 e. The van der Waals surface area contributed by atoms with Crippen LogP contribution in [0.4, 0.5) is 5.69 Å². The van der Waals surface area contributed by atoms with Crippen molar-refractivity contribution in [2.45, 2.75) is 19.4 Å². The molecule has 0 unspecified atom stereocenters. The van der Waals surface area contributed by atoms with Gasteiger partial charge in [-0.2, -0.15) is 0 Å². The van der Waals surface area contributed by atoms with Gasteiger partial charge in [-0.3, -0.25) is 14.2 Å². The van der Waals surface area contributed by atoms with Gasteiger partial charge in [0.1, 0.15) is 5.75 Å². The molecule has 2 aromatic rings. The Balaban J connectivity index is 1.93. The van der Waals surface area contributed by atoms with Crippen molar-refractivity contribution in [2.75, 3.05) is 18.5 Å². The molecular weight excluding hydrogens is 302 g/mol. The van der Waals surface area contributed by atoms with Gasteiger partial charge >= 0.3 is 4.87 Å². The van der Waals surface area contributed by atoms with Crippen molar-refractivity contribution < 1.29 is 9.53 Å². The Kier molecular flexibility index (Phi) is 4.26. The van der Waals surface area contributed by atoms with Gasteiger partial charge in [-0.15, -0.1) is 0 Å². The topological polar surface area (TPSA) is 86.3 Å². The minimum Gasteiger partial charge on any atom is -0.482 e. The summed E-state index contributed by atoms with van der Waals surface area (Å²) < 4.78 is 7.11. The summed E-state index contributed by atoms with van der Waals surface area (Å²) in [5.74, 6) is 0.478. The number of nitrogens with one attached hydrogen (secondary N) is 1. The third-order valence-corrected chi connectivity index (χ3v) is 4.29. The van der Waals surface area contributed by atoms with Crippen molar-refractivity contribution in [3.05, 3.63) is 33.2 Å². The van der Waals surface area contributed by atoms with Crippen LogP contribution in [0.15, 0.2) is 28.4 Å². The predicted molar refractivity (Wildman–Crippen MR) is 86.4 cm³/mol. The van der Waals surface area contributed by atoms with Crippen LogP contribution in [-0.4, -0.2) is 23.6 Å². The molecule has 6 nitrogen and oxygen atoms in total. The van der Waals surface area contributed by atoms with Gasteiger partial charge < -0.3 is 15.8 Å². The average Bonchev–Trinajstić information content (AvgIpc) is 2.88. The Bertz CT molecular complexity index is 751. The van der Waals surface area contributed by atoms with Crippen LogP contribution >= 0.6 is 11.3 Å². The average molecular weight is 319 g/mol. The number of anilines is 1. The van der Waals surface area contributed by atoms with Crippen molar-refractivity contribution in [1.29, 1.82) is 0 Å². The number of aromatic nitrogens is 1. The van der Waals surface area contributed by atoms with Crippen LogP contribution in [0.1, 0.15) is 12.8 Å². The molecule has 0 fully saturated rings. The third kappa shape index (κ3) is 2.90. The molecule has 1 aliphatic heterocycles. The second kappa shape index (κ2) is 6.33. The molecule has 3 rings (SSSR count). The van der Waals surface area contributed by atoms with Gasteiger partial charge in [-0.05, 0) is 37.6 Å². The van der Waals surface area contributed by atoms with Crippen LogP contribution in [-0.2, 0) is 11.3 Å². The van der Waals surface area contributed by atoms with E-state index in [2.05, 4.69) is 5.32 Å². The molecule has 0 bridgehead atoms. The number of hydrogen-bond acceptors (Lipinski definition) is 5. The molecule has 1 aliphatic rings. The molecule has 116 valence electrons. The van der Waals surface area contributed by atoms with Gasteiger partial charge in [-0.1, -0.05) is 11.3 Å². The normalized spacial score (nSPS) is 13.4. The summed E-state index contributed by atoms with van der Waals surface area (Å²) in [7, 11) is 0. The number of unbranched alkanes of at least 4 members (excludes halogenated alkanes) is 1. The van der Waals surface area contributed by atoms with E-state index < -0.39 is 0 Å². The number of amides is 1. The minimum atomic E-state index is -0.171. The molecule has 22 heavy (non-hydrogen) atoms. The molecule has 1 amide bonds. The van der Waals surface area contributed by atoms with Crippen LogP contribution in [0.25, 0.3) is 11.3 Å². The number of carbonyl (C=O) groups is 1. The minimum absolute atomic E-state index is 0.0185. The first kappa shape index (κ1) is 14.8. The summed E-state index contributed by atoms with van der Waals surface area (Å²) in [6, 6.07) is 5.56. The maximum absolute atomic E-state index is 12.0. The molecule has 0 aliphatic carbocycles. The van der Waals surface area contributed by atoms with E-state index >= 15 is 0 Å². The lowest BCUT2D eigenvalue weighted by Crippen LogP contribution is -2.25. The van der Waals surface area contributed by atoms with Crippen molar-refractivity contribution in [1.82, 2.24) is 4.57 Å². The van der Waals surface area contributed by atoms with Crippen molar-refractivity contribution >= 4 is 22.9 Å². The number of nitrogens with two attached hydrogens (primary N) is 1. The van der Waals surface area contributed by atoms with E-state index in [4.69, 9.17) is 10.5 Å². The fourth-order valence-corrected chi connectivity index (χ4v) is 3.22. The number of hydrogen-bond donors (Lipinski definition) is 2. The smallest absolute Gasteiger partial charge is 0.307 e. The van der Waals surface area contributed by atoms with Gasteiger partial charge in [-0.25, -0.2) is 0 Å². The number of thiazole rings is 1. The van der Waals surface area contributed by atoms with Crippen LogP contribution < -0.4 is 20.7 Å². The Labute approximate surface area is 131 Å². The van der Waals surface area contributed by atoms with E-state index in [0.29, 0.717) is 24.5 Å². The molecule has 0 saturated heterocycles. The molecule has 1 aromatic heterocycles. The molecule has 0 spiro atoms. The fourth-order valence-electron chi connectivity index (χ4n) is 2.42. The van der Waals surface area contributed by atoms with E-state index in [0.717, 1.165) is 24.1 Å². The first-order valence-corrected chi connectivity index (χ1v) is 8.02. The number of carbonyl (C=O) groups excluding carboxylic acids is 1. The first-order chi connectivity index (χ1) is 10.7. The molecule has 2 heterocycles. The highest BCUT2D eigenvalue weighted by molar-refractivity contribution is 7.07. The molecule has 0 radical (unpaired) electrons. The zero-order valence-corrected chi connectivity index (χ0v) is 12.8.